The fraction of sp³-hybridized carbons (Fsp3) is 0.150. The number of benzene rings is 2. The van der Waals surface area contributed by atoms with E-state index in [0.717, 1.165) is 27.4 Å². The Hall–Kier alpha value is -3.21. The summed E-state index contributed by atoms with van der Waals surface area (Å²) >= 11 is 0. The van der Waals surface area contributed by atoms with Crippen molar-refractivity contribution in [1.82, 2.24) is 9.97 Å². The lowest BCUT2D eigenvalue weighted by atomic mass is 9.77. The van der Waals surface area contributed by atoms with Gasteiger partial charge in [0.05, 0.1) is 10.4 Å². The van der Waals surface area contributed by atoms with Gasteiger partial charge in [-0.3, -0.25) is 15.1 Å². The number of aromatic nitrogens is 2. The van der Waals surface area contributed by atoms with Crippen LogP contribution < -0.4 is 0 Å². The van der Waals surface area contributed by atoms with Gasteiger partial charge in [0.1, 0.15) is 5.52 Å². The van der Waals surface area contributed by atoms with E-state index in [1.807, 2.05) is 30.5 Å². The summed E-state index contributed by atoms with van der Waals surface area (Å²) in [5.74, 6) is 0. The minimum atomic E-state index is -0.350. The van der Waals surface area contributed by atoms with Crippen LogP contribution in [0.2, 0.25) is 0 Å². The molecule has 5 heteroatoms. The Balaban J connectivity index is 1.91. The van der Waals surface area contributed by atoms with Gasteiger partial charge in [0.25, 0.3) is 5.69 Å². The van der Waals surface area contributed by atoms with E-state index in [1.54, 1.807) is 12.3 Å². The fourth-order valence-electron chi connectivity index (χ4n) is 3.43. The van der Waals surface area contributed by atoms with Crippen LogP contribution in [-0.4, -0.2) is 14.9 Å². The van der Waals surface area contributed by atoms with Gasteiger partial charge in [-0.05, 0) is 29.3 Å². The maximum Gasteiger partial charge on any atom is 0.293 e. The molecule has 2 aromatic heterocycles. The molecule has 0 aliphatic rings. The third kappa shape index (κ3) is 2.36. The first-order chi connectivity index (χ1) is 12.0. The van der Waals surface area contributed by atoms with Crippen LogP contribution in [0.25, 0.3) is 21.8 Å². The maximum atomic E-state index is 11.3. The average Bonchev–Trinajstić information content (AvgIpc) is 3.06. The highest BCUT2D eigenvalue weighted by atomic mass is 16.6. The Morgan fingerprint density at radius 3 is 2.76 bits per heavy atom. The van der Waals surface area contributed by atoms with Crippen molar-refractivity contribution in [2.45, 2.75) is 19.3 Å². The molecule has 0 saturated carbocycles. The van der Waals surface area contributed by atoms with Crippen LogP contribution in [0.4, 0.5) is 5.69 Å². The largest absolute Gasteiger partial charge is 0.355 e. The van der Waals surface area contributed by atoms with Crippen LogP contribution in [-0.2, 0) is 5.41 Å². The van der Waals surface area contributed by atoms with E-state index < -0.39 is 0 Å². The quantitative estimate of drug-likeness (QED) is 0.426. The Kier molecular flexibility index (Phi) is 3.32. The molecule has 0 unspecified atom stereocenters. The lowest BCUT2D eigenvalue weighted by Gasteiger charge is -2.25. The van der Waals surface area contributed by atoms with Crippen molar-refractivity contribution in [3.05, 3.63) is 82.2 Å². The standard InChI is InChI=1S/C20H17N3O2/c1-20(2,14-8-9-17-13(11-14)5-4-10-21-17)16-12-22-19-15(16)6-3-7-18(19)23(24)25/h3-12,22H,1-2H3. The van der Waals surface area contributed by atoms with Crippen LogP contribution >= 0.6 is 0 Å². The number of nitro groups is 1. The summed E-state index contributed by atoms with van der Waals surface area (Å²) in [6.07, 6.45) is 3.66. The molecular weight excluding hydrogens is 314 g/mol. The van der Waals surface area contributed by atoms with Crippen molar-refractivity contribution < 1.29 is 4.92 Å². The van der Waals surface area contributed by atoms with Crippen molar-refractivity contribution in [2.75, 3.05) is 0 Å². The Labute approximate surface area is 144 Å². The van der Waals surface area contributed by atoms with Crippen molar-refractivity contribution in [1.29, 1.82) is 0 Å². The number of aromatic amines is 1. The molecule has 0 aliphatic heterocycles. The molecule has 0 saturated heterocycles. The number of pyridine rings is 1. The van der Waals surface area contributed by atoms with Gasteiger partial charge in [-0.25, -0.2) is 0 Å². The summed E-state index contributed by atoms with van der Waals surface area (Å²) in [5.41, 5.74) is 3.49. The minimum absolute atomic E-state index is 0.0993. The summed E-state index contributed by atoms with van der Waals surface area (Å²) < 4.78 is 0. The molecule has 124 valence electrons. The molecule has 25 heavy (non-hydrogen) atoms. The maximum absolute atomic E-state index is 11.3. The van der Waals surface area contributed by atoms with Crippen molar-refractivity contribution in [3.63, 3.8) is 0 Å². The lowest BCUT2D eigenvalue weighted by molar-refractivity contribution is -0.383. The molecule has 5 nitrogen and oxygen atoms in total. The minimum Gasteiger partial charge on any atom is -0.355 e. The van der Waals surface area contributed by atoms with Gasteiger partial charge in [-0.2, -0.15) is 0 Å². The van der Waals surface area contributed by atoms with Crippen molar-refractivity contribution >= 4 is 27.5 Å². The summed E-state index contributed by atoms with van der Waals surface area (Å²) in [6.45, 7) is 4.26. The van der Waals surface area contributed by atoms with Crippen LogP contribution in [0.3, 0.4) is 0 Å². The number of nitrogens with zero attached hydrogens (tertiary/aromatic N) is 2. The number of H-pyrrole nitrogens is 1. The summed E-state index contributed by atoms with van der Waals surface area (Å²) in [6, 6.07) is 15.4. The second-order valence-electron chi connectivity index (χ2n) is 6.70. The third-order valence-corrected chi connectivity index (χ3v) is 4.89. The number of nitro benzene ring substituents is 1. The molecule has 0 bridgehead atoms. The van der Waals surface area contributed by atoms with Crippen LogP contribution in [0.1, 0.15) is 25.0 Å². The predicted molar refractivity (Wildman–Crippen MR) is 98.8 cm³/mol. The number of hydrogen-bond acceptors (Lipinski definition) is 3. The first-order valence-electron chi connectivity index (χ1n) is 8.09. The van der Waals surface area contributed by atoms with Crippen molar-refractivity contribution in [2.24, 2.45) is 0 Å². The van der Waals surface area contributed by atoms with Crippen LogP contribution in [0.15, 0.2) is 60.9 Å². The predicted octanol–water partition coefficient (Wildman–Crippen LogP) is 4.95. The van der Waals surface area contributed by atoms with E-state index >= 15 is 0 Å². The molecule has 2 aromatic carbocycles. The summed E-state index contributed by atoms with van der Waals surface area (Å²) in [5, 5.41) is 13.2. The van der Waals surface area contributed by atoms with Crippen molar-refractivity contribution in [3.8, 4) is 0 Å². The number of nitrogens with one attached hydrogen (secondary N) is 1. The number of hydrogen-bond donors (Lipinski definition) is 1. The zero-order chi connectivity index (χ0) is 17.6. The summed E-state index contributed by atoms with van der Waals surface area (Å²) in [7, 11) is 0. The topological polar surface area (TPSA) is 71.8 Å². The van der Waals surface area contributed by atoms with Gasteiger partial charge in [0.15, 0.2) is 0 Å². The smallest absolute Gasteiger partial charge is 0.293 e. The van der Waals surface area contributed by atoms with E-state index in [4.69, 9.17) is 0 Å². The van der Waals surface area contributed by atoms with E-state index in [0.29, 0.717) is 5.52 Å². The first kappa shape index (κ1) is 15.3. The van der Waals surface area contributed by atoms with Crippen LogP contribution in [0, 0.1) is 10.1 Å². The lowest BCUT2D eigenvalue weighted by Crippen LogP contribution is -2.18. The van der Waals surface area contributed by atoms with Gasteiger partial charge in [0.2, 0.25) is 0 Å². The molecule has 0 amide bonds. The molecule has 0 spiro atoms. The Bertz CT molecular complexity index is 1110. The SMILES string of the molecule is CC(C)(c1ccc2ncccc2c1)c1c[nH]c2c([N+](=O)[O-])cccc12. The molecule has 0 aliphatic carbocycles. The monoisotopic (exact) mass is 331 g/mol. The van der Waals surface area contributed by atoms with Gasteiger partial charge in [-0.1, -0.05) is 38.1 Å². The third-order valence-electron chi connectivity index (χ3n) is 4.89. The zero-order valence-corrected chi connectivity index (χ0v) is 14.0. The molecule has 2 heterocycles. The molecule has 4 rings (SSSR count). The molecule has 4 aromatic rings. The van der Waals surface area contributed by atoms with Gasteiger partial charge in [0, 0.05) is 34.6 Å². The summed E-state index contributed by atoms with van der Waals surface area (Å²) in [4.78, 5) is 18.4. The normalized spacial score (nSPS) is 11.9. The number of fused-ring (bicyclic) bond motifs is 2. The molecule has 0 radical (unpaired) electrons. The van der Waals surface area contributed by atoms with E-state index in [-0.39, 0.29) is 16.0 Å². The molecular formula is C20H17N3O2. The number of para-hydroxylation sites is 1. The van der Waals surface area contributed by atoms with Crippen LogP contribution in [0.5, 0.6) is 0 Å². The highest BCUT2D eigenvalue weighted by Gasteiger charge is 2.28. The highest BCUT2D eigenvalue weighted by Crippen LogP contribution is 2.38. The zero-order valence-electron chi connectivity index (χ0n) is 14.0. The van der Waals surface area contributed by atoms with E-state index in [1.165, 1.54) is 6.07 Å². The first-order valence-corrected chi connectivity index (χ1v) is 8.09. The Morgan fingerprint density at radius 2 is 1.96 bits per heavy atom. The van der Waals surface area contributed by atoms with Gasteiger partial charge < -0.3 is 4.98 Å². The molecule has 1 N–H and O–H groups in total. The second kappa shape index (κ2) is 5.41. The van der Waals surface area contributed by atoms with Gasteiger partial charge in [-0.15, -0.1) is 0 Å². The fourth-order valence-corrected chi connectivity index (χ4v) is 3.43. The number of non-ortho nitro benzene ring substituents is 1. The molecule has 0 atom stereocenters. The second-order valence-corrected chi connectivity index (χ2v) is 6.70. The number of rotatable bonds is 3. The van der Waals surface area contributed by atoms with E-state index in [2.05, 4.69) is 35.9 Å². The van der Waals surface area contributed by atoms with E-state index in [9.17, 15) is 10.1 Å². The Morgan fingerprint density at radius 1 is 1.12 bits per heavy atom. The molecule has 0 fully saturated rings. The average molecular weight is 331 g/mol. The van der Waals surface area contributed by atoms with Gasteiger partial charge >= 0.3 is 0 Å². The highest BCUT2D eigenvalue weighted by molar-refractivity contribution is 5.92.